The van der Waals surface area contributed by atoms with Crippen molar-refractivity contribution in [1.82, 2.24) is 0 Å². The minimum Gasteiger partial charge on any atom is -0.479 e. The molecule has 0 aromatic heterocycles. The molecule has 0 radical (unpaired) electrons. The standard InChI is InChI=1S/C59H96O27/c1-23-33(64)37(68)42(73)49(78-23)85-46-39(70)36(67)28(20-61)80-52(46)86-47-41(72)40(71)44(48(75)76)83-53(47)81-31-12-13-56(5)29(57(31,6)22-62)11-14-59(8)30(56)10-9-24-25-17-54(2,3)18-32(55(25,4)15-16-58(24,59)7)82-51-45(34(65)26(63)21-77-51)84-50-43(74)38(69)35(66)27(19-60)79-50/h9,23,25-47,49-53,60-74H,10-22H2,1-8H3,(H,75,76)/t23?,25-,26?,27?,28?,29?,30?,31-,32+,33?,34?,35?,36?,37?,38?,39?,40?,41?,42?,43?,44?,45?,46?,47?,49?,50?,51?,52?,53?,55+,56-,57+,58+,59+/m0/s1. The van der Waals surface area contributed by atoms with Gasteiger partial charge in [0.1, 0.15) is 104 Å². The van der Waals surface area contributed by atoms with Crippen LogP contribution in [0.1, 0.15) is 113 Å². The Morgan fingerprint density at radius 1 is 0.535 bits per heavy atom. The Morgan fingerprint density at radius 3 is 1.70 bits per heavy atom. The molecule has 5 aliphatic heterocycles. The van der Waals surface area contributed by atoms with Gasteiger partial charge in [0.05, 0.1) is 44.7 Å². The molecule has 34 atom stereocenters. The summed E-state index contributed by atoms with van der Waals surface area (Å²) in [4.78, 5) is 12.6. The van der Waals surface area contributed by atoms with Gasteiger partial charge in [-0.25, -0.2) is 4.79 Å². The topological polar surface area (TPSA) is 433 Å². The van der Waals surface area contributed by atoms with Crippen LogP contribution in [-0.4, -0.2) is 274 Å². The molecule has 5 aliphatic carbocycles. The number of hydrogen-bond donors (Lipinski definition) is 16. The molecular weight excluding hydrogens is 1140 g/mol. The van der Waals surface area contributed by atoms with E-state index in [1.807, 2.05) is 6.92 Å². The lowest BCUT2D eigenvalue weighted by Crippen LogP contribution is -2.68. The zero-order chi connectivity index (χ0) is 62.9. The van der Waals surface area contributed by atoms with Gasteiger partial charge in [-0.05, 0) is 104 Å². The number of aliphatic hydroxyl groups is 15. The number of carboxylic acids is 1. The molecule has 27 heteroatoms. The van der Waals surface area contributed by atoms with Crippen LogP contribution in [-0.2, 0) is 52.2 Å². The summed E-state index contributed by atoms with van der Waals surface area (Å²) < 4.78 is 61.3. The minimum absolute atomic E-state index is 0.0183. The first-order valence-electron chi connectivity index (χ1n) is 30.7. The van der Waals surface area contributed by atoms with Crippen LogP contribution in [0.2, 0.25) is 0 Å². The van der Waals surface area contributed by atoms with Crippen molar-refractivity contribution in [2.75, 3.05) is 26.4 Å². The van der Waals surface area contributed by atoms with Crippen molar-refractivity contribution in [2.24, 2.45) is 50.2 Å². The lowest BCUT2D eigenvalue weighted by Gasteiger charge is -2.72. The van der Waals surface area contributed by atoms with Crippen molar-refractivity contribution in [3.8, 4) is 0 Å². The molecule has 86 heavy (non-hydrogen) atoms. The number of hydrogen-bond acceptors (Lipinski definition) is 26. The fraction of sp³-hybridized carbons (Fsp3) is 0.949. The number of allylic oxidation sites excluding steroid dienone is 2. The molecule has 26 unspecified atom stereocenters. The molecule has 0 spiro atoms. The molecule has 10 rings (SSSR count). The normalized spacial score (nSPS) is 55.7. The molecule has 10 aliphatic rings. The van der Waals surface area contributed by atoms with Crippen LogP contribution in [0.5, 0.6) is 0 Å². The number of aliphatic hydroxyl groups excluding tert-OH is 15. The average molecular weight is 1240 g/mol. The van der Waals surface area contributed by atoms with Crippen molar-refractivity contribution in [1.29, 1.82) is 0 Å². The number of fused-ring (bicyclic) bond motifs is 7. The van der Waals surface area contributed by atoms with Crippen molar-refractivity contribution in [3.05, 3.63) is 11.6 Å². The molecule has 16 N–H and O–H groups in total. The van der Waals surface area contributed by atoms with E-state index in [0.29, 0.717) is 32.1 Å². The highest BCUT2D eigenvalue weighted by Crippen LogP contribution is 2.76. The van der Waals surface area contributed by atoms with Gasteiger partial charge in [0.25, 0.3) is 0 Å². The average Bonchev–Trinajstić information content (AvgIpc) is 0.711. The molecule has 4 saturated carbocycles. The summed E-state index contributed by atoms with van der Waals surface area (Å²) in [5.41, 5.74) is -1.46. The molecule has 27 nitrogen and oxygen atoms in total. The van der Waals surface area contributed by atoms with Crippen LogP contribution < -0.4 is 0 Å². The fourth-order valence-electron chi connectivity index (χ4n) is 17.8. The first kappa shape index (κ1) is 67.1. The predicted octanol–water partition coefficient (Wildman–Crippen LogP) is -3.01. The van der Waals surface area contributed by atoms with Crippen molar-refractivity contribution in [3.63, 3.8) is 0 Å². The van der Waals surface area contributed by atoms with Crippen LogP contribution in [0.3, 0.4) is 0 Å². The van der Waals surface area contributed by atoms with Gasteiger partial charge in [-0.1, -0.05) is 60.1 Å². The van der Waals surface area contributed by atoms with Crippen LogP contribution in [0.4, 0.5) is 0 Å². The van der Waals surface area contributed by atoms with E-state index in [4.69, 9.17) is 47.4 Å². The third-order valence-corrected chi connectivity index (χ3v) is 23.3. The molecule has 0 aromatic carbocycles. The molecule has 0 amide bonds. The van der Waals surface area contributed by atoms with E-state index < -0.39 is 195 Å². The Balaban J connectivity index is 0.897. The number of carbonyl (C=O) groups is 1. The third-order valence-electron chi connectivity index (χ3n) is 23.3. The van der Waals surface area contributed by atoms with E-state index in [9.17, 15) is 86.5 Å². The molecular formula is C59H96O27. The summed E-state index contributed by atoms with van der Waals surface area (Å²) in [6.45, 7) is 14.7. The van der Waals surface area contributed by atoms with E-state index in [1.165, 1.54) is 12.5 Å². The van der Waals surface area contributed by atoms with Gasteiger partial charge in [-0.3, -0.25) is 0 Å². The number of carboxylic acid groups (broad SMARTS) is 1. The van der Waals surface area contributed by atoms with Crippen LogP contribution in [0.25, 0.3) is 0 Å². The molecule has 9 fully saturated rings. The summed E-state index contributed by atoms with van der Waals surface area (Å²) >= 11 is 0. The minimum atomic E-state index is -2.13. The maximum absolute atomic E-state index is 12.6. The lowest BCUT2D eigenvalue weighted by atomic mass is 9.33. The lowest BCUT2D eigenvalue weighted by molar-refractivity contribution is -0.396. The van der Waals surface area contributed by atoms with Crippen LogP contribution >= 0.6 is 0 Å². The molecule has 0 bridgehead atoms. The maximum atomic E-state index is 12.6. The zero-order valence-electron chi connectivity index (χ0n) is 50.2. The SMILES string of the molecule is CC1OC(OC2C(OC3C(O[C@H]4CC[C@@]5(C)C(CC[C@]6(C)C5CC=C5[C@@H]7CC(C)(C)C[C@@H](OC8OCC(O)C(O)C8OC8OC(CO)C(O)C(O)C8O)[C@]7(C)CC[C@]56C)[C@@]4(C)CO)OC(C(=O)O)C(O)C3O)OC(CO)C(O)C2O)C(O)C(O)C1O. The summed E-state index contributed by atoms with van der Waals surface area (Å²) in [5, 5.41) is 173. The van der Waals surface area contributed by atoms with Gasteiger partial charge in [-0.15, -0.1) is 0 Å². The van der Waals surface area contributed by atoms with Gasteiger partial charge < -0.3 is 129 Å². The van der Waals surface area contributed by atoms with Crippen molar-refractivity contribution >= 4 is 5.97 Å². The van der Waals surface area contributed by atoms with Gasteiger partial charge >= 0.3 is 5.97 Å². The van der Waals surface area contributed by atoms with Crippen molar-refractivity contribution in [2.45, 2.75) is 273 Å². The maximum Gasteiger partial charge on any atom is 0.335 e. The smallest absolute Gasteiger partial charge is 0.335 e. The number of ether oxygens (including phenoxy) is 10. The summed E-state index contributed by atoms with van der Waals surface area (Å²) in [6.07, 6.45) is -33.8. The Hall–Kier alpha value is -1.79. The Kier molecular flexibility index (Phi) is 19.2. The largest absolute Gasteiger partial charge is 0.479 e. The second-order valence-corrected chi connectivity index (χ2v) is 28.8. The predicted molar refractivity (Wildman–Crippen MR) is 290 cm³/mol. The van der Waals surface area contributed by atoms with Gasteiger partial charge in [-0.2, -0.15) is 0 Å². The number of rotatable bonds is 14. The Morgan fingerprint density at radius 2 is 1.08 bits per heavy atom. The van der Waals surface area contributed by atoms with E-state index in [0.717, 1.165) is 25.7 Å². The Bertz CT molecular complexity index is 2400. The highest BCUT2D eigenvalue weighted by Gasteiger charge is 2.70. The summed E-state index contributed by atoms with van der Waals surface area (Å²) in [6, 6.07) is 0. The van der Waals surface area contributed by atoms with E-state index in [2.05, 4.69) is 47.6 Å². The first-order valence-corrected chi connectivity index (χ1v) is 30.7. The van der Waals surface area contributed by atoms with Crippen LogP contribution in [0, 0.1) is 50.2 Å². The number of aliphatic carboxylic acids is 1. The molecule has 494 valence electrons. The quantitative estimate of drug-likeness (QED) is 0.0608. The second kappa shape index (κ2) is 24.6. The second-order valence-electron chi connectivity index (χ2n) is 28.8. The van der Waals surface area contributed by atoms with E-state index >= 15 is 0 Å². The summed E-state index contributed by atoms with van der Waals surface area (Å²) in [7, 11) is 0. The highest BCUT2D eigenvalue weighted by atomic mass is 16.8. The Labute approximate surface area is 499 Å². The van der Waals surface area contributed by atoms with Gasteiger partial charge in [0.2, 0.25) is 0 Å². The van der Waals surface area contributed by atoms with Crippen molar-refractivity contribution < 1.29 is 134 Å². The van der Waals surface area contributed by atoms with E-state index in [-0.39, 0.29) is 47.2 Å². The van der Waals surface area contributed by atoms with Crippen LogP contribution in [0.15, 0.2) is 11.6 Å². The van der Waals surface area contributed by atoms with Gasteiger partial charge in [0, 0.05) is 10.8 Å². The molecule has 5 heterocycles. The third kappa shape index (κ3) is 11.1. The van der Waals surface area contributed by atoms with E-state index in [1.54, 1.807) is 0 Å². The zero-order valence-corrected chi connectivity index (χ0v) is 50.2. The molecule has 5 saturated heterocycles. The highest BCUT2D eigenvalue weighted by molar-refractivity contribution is 5.73. The van der Waals surface area contributed by atoms with Gasteiger partial charge in [0.15, 0.2) is 37.6 Å². The fourth-order valence-corrected chi connectivity index (χ4v) is 17.8. The first-order chi connectivity index (χ1) is 40.2. The summed E-state index contributed by atoms with van der Waals surface area (Å²) in [5.74, 6) is -1.74. The monoisotopic (exact) mass is 1240 g/mol. The molecule has 0 aromatic rings.